The summed E-state index contributed by atoms with van der Waals surface area (Å²) in [5, 5.41) is 19.0. The molecule has 1 N–H and O–H groups in total. The highest BCUT2D eigenvalue weighted by Gasteiger charge is 2.21. The summed E-state index contributed by atoms with van der Waals surface area (Å²) in [7, 11) is 0. The molecular formula is C26H20ClN3O5. The minimum atomic E-state index is -0.415. The number of amides is 1. The molecule has 4 aromatic rings. The maximum absolute atomic E-state index is 12.4. The van der Waals surface area contributed by atoms with Gasteiger partial charge in [-0.1, -0.05) is 60.1 Å². The molecule has 0 saturated heterocycles. The van der Waals surface area contributed by atoms with Gasteiger partial charge in [-0.2, -0.15) is 0 Å². The predicted octanol–water partition coefficient (Wildman–Crippen LogP) is 4.68. The highest BCUT2D eigenvalue weighted by Crippen LogP contribution is 2.19. The maximum Gasteiger partial charge on any atom is 0.253 e. The van der Waals surface area contributed by atoms with Crippen LogP contribution in [0.3, 0.4) is 0 Å². The molecular weight excluding hydrogens is 470 g/mol. The Bertz CT molecular complexity index is 1330. The largest absolute Gasteiger partial charge is 0.363 e. The first-order valence-electron chi connectivity index (χ1n) is 10.6. The average Bonchev–Trinajstić information content (AvgIpc) is 3.24. The summed E-state index contributed by atoms with van der Waals surface area (Å²) < 4.78 is 10.1. The minimum Gasteiger partial charge on any atom is -0.363 e. The fourth-order valence-electron chi connectivity index (χ4n) is 3.20. The quantitative estimate of drug-likeness (QED) is 0.208. The minimum absolute atomic E-state index is 0.155. The molecule has 0 unspecified atom stereocenters. The van der Waals surface area contributed by atoms with Crippen molar-refractivity contribution in [3.05, 3.63) is 112 Å². The highest BCUT2D eigenvalue weighted by atomic mass is 35.5. The third kappa shape index (κ3) is 6.41. The molecule has 0 aliphatic rings. The number of hydrogen-bond acceptors (Lipinski definition) is 6. The molecule has 176 valence electrons. The molecule has 9 heteroatoms. The van der Waals surface area contributed by atoms with Crippen molar-refractivity contribution in [3.8, 4) is 11.3 Å². The van der Waals surface area contributed by atoms with Crippen LogP contribution in [-0.2, 0) is 16.1 Å². The molecule has 0 atom stereocenters. The number of ketones is 1. The van der Waals surface area contributed by atoms with Gasteiger partial charge in [-0.15, -0.1) is 0 Å². The van der Waals surface area contributed by atoms with Crippen LogP contribution in [0.15, 0.2) is 89.6 Å². The van der Waals surface area contributed by atoms with Gasteiger partial charge >= 0.3 is 0 Å². The number of nitrogens with zero attached hydrogens (tertiary/aromatic N) is 2. The second-order valence-corrected chi connectivity index (χ2v) is 7.90. The summed E-state index contributed by atoms with van der Waals surface area (Å²) in [6.07, 6.45) is 3.18. The Morgan fingerprint density at radius 2 is 1.74 bits per heavy atom. The van der Waals surface area contributed by atoms with Gasteiger partial charge < -0.3 is 15.3 Å². The van der Waals surface area contributed by atoms with E-state index in [0.29, 0.717) is 27.5 Å². The van der Waals surface area contributed by atoms with Crippen LogP contribution in [0.4, 0.5) is 5.69 Å². The van der Waals surface area contributed by atoms with Crippen molar-refractivity contribution in [2.75, 3.05) is 11.9 Å². The molecule has 0 aliphatic heterocycles. The lowest BCUT2D eigenvalue weighted by Crippen LogP contribution is -2.29. The van der Waals surface area contributed by atoms with Crippen molar-refractivity contribution >= 4 is 35.1 Å². The van der Waals surface area contributed by atoms with Gasteiger partial charge in [0.25, 0.3) is 5.69 Å². The molecule has 4 rings (SSSR count). The molecule has 1 aromatic heterocycles. The number of carbonyl (C=O) groups excluding carboxylic acids is 2. The number of anilines is 1. The van der Waals surface area contributed by atoms with Gasteiger partial charge in [-0.3, -0.25) is 14.2 Å². The monoisotopic (exact) mass is 489 g/mol. The number of ether oxygens (including phenoxy) is 1. The van der Waals surface area contributed by atoms with Crippen molar-refractivity contribution in [1.82, 2.24) is 5.16 Å². The van der Waals surface area contributed by atoms with Crippen LogP contribution in [0.2, 0.25) is 5.02 Å². The summed E-state index contributed by atoms with van der Waals surface area (Å²) in [4.78, 5) is 24.9. The van der Waals surface area contributed by atoms with Crippen LogP contribution in [0, 0.1) is 5.21 Å². The maximum atomic E-state index is 12.4. The van der Waals surface area contributed by atoms with Crippen molar-refractivity contribution in [1.29, 1.82) is 0 Å². The topological polar surface area (TPSA) is 108 Å². The van der Waals surface area contributed by atoms with Gasteiger partial charge in [0.15, 0.2) is 5.78 Å². The van der Waals surface area contributed by atoms with Crippen molar-refractivity contribution < 1.29 is 23.9 Å². The summed E-state index contributed by atoms with van der Waals surface area (Å²) in [6, 6.07) is 22.7. The van der Waals surface area contributed by atoms with Gasteiger partial charge in [0.1, 0.15) is 13.2 Å². The van der Waals surface area contributed by atoms with Gasteiger partial charge in [-0.25, -0.2) is 0 Å². The molecule has 0 aliphatic carbocycles. The smallest absolute Gasteiger partial charge is 0.253 e. The number of hydrogen-bond donors (Lipinski definition) is 1. The van der Waals surface area contributed by atoms with E-state index in [1.165, 1.54) is 6.08 Å². The van der Waals surface area contributed by atoms with E-state index >= 15 is 0 Å². The lowest BCUT2D eigenvalue weighted by molar-refractivity contribution is -0.809. The van der Waals surface area contributed by atoms with E-state index in [4.69, 9.17) is 16.3 Å². The Labute approximate surface area is 205 Å². The van der Waals surface area contributed by atoms with Crippen LogP contribution in [0.25, 0.3) is 17.3 Å². The van der Waals surface area contributed by atoms with E-state index < -0.39 is 5.91 Å². The summed E-state index contributed by atoms with van der Waals surface area (Å²) in [5.41, 5.74) is 3.06. The molecule has 35 heavy (non-hydrogen) atoms. The molecule has 0 bridgehead atoms. The number of carbonyl (C=O) groups is 2. The first-order valence-corrected chi connectivity index (χ1v) is 11.0. The molecule has 1 heterocycles. The predicted molar refractivity (Wildman–Crippen MR) is 130 cm³/mol. The highest BCUT2D eigenvalue weighted by molar-refractivity contribution is 6.30. The lowest BCUT2D eigenvalue weighted by atomic mass is 10.1. The summed E-state index contributed by atoms with van der Waals surface area (Å²) >= 11 is 5.86. The molecule has 3 aromatic carbocycles. The molecule has 0 fully saturated rings. The average molecular weight is 490 g/mol. The third-order valence-corrected chi connectivity index (χ3v) is 5.22. The Morgan fingerprint density at radius 3 is 2.46 bits per heavy atom. The Kier molecular flexibility index (Phi) is 7.67. The van der Waals surface area contributed by atoms with E-state index in [1.54, 1.807) is 54.6 Å². The number of nitrogens with one attached hydrogen (secondary N) is 1. The van der Waals surface area contributed by atoms with Crippen LogP contribution in [0.5, 0.6) is 0 Å². The third-order valence-electron chi connectivity index (χ3n) is 4.97. The van der Waals surface area contributed by atoms with Crippen LogP contribution >= 0.6 is 11.6 Å². The van der Waals surface area contributed by atoms with Crippen LogP contribution < -0.4 is 10.2 Å². The second kappa shape index (κ2) is 11.2. The molecule has 0 spiro atoms. The zero-order chi connectivity index (χ0) is 24.6. The standard InChI is InChI=1S/C26H20ClN3O5/c27-21-11-6-18(7-12-21)8-15-24(31)19-9-13-22(14-10-19)28-25(32)17-34-16-23-26(29-35-30(23)33)20-4-2-1-3-5-20/h1-15H,16-17H2,(H,28,32)/b15-8+. The first-order chi connectivity index (χ1) is 17.0. The van der Waals surface area contributed by atoms with Gasteiger partial charge in [0, 0.05) is 27.0 Å². The van der Waals surface area contributed by atoms with E-state index in [9.17, 15) is 14.8 Å². The van der Waals surface area contributed by atoms with Crippen LogP contribution in [-0.4, -0.2) is 23.5 Å². The Hall–Kier alpha value is -4.27. The number of benzene rings is 3. The van der Waals surface area contributed by atoms with E-state index in [1.807, 2.05) is 30.3 Å². The fourth-order valence-corrected chi connectivity index (χ4v) is 3.33. The number of halogens is 1. The zero-order valence-corrected chi connectivity index (χ0v) is 19.1. The van der Waals surface area contributed by atoms with Crippen molar-refractivity contribution in [3.63, 3.8) is 0 Å². The lowest BCUT2D eigenvalue weighted by Gasteiger charge is -2.06. The summed E-state index contributed by atoms with van der Waals surface area (Å²) in [5.74, 6) is -0.586. The number of allylic oxidation sites excluding steroid dienone is 1. The molecule has 0 saturated carbocycles. The van der Waals surface area contributed by atoms with E-state index in [2.05, 4.69) is 15.1 Å². The zero-order valence-electron chi connectivity index (χ0n) is 18.4. The first kappa shape index (κ1) is 23.9. The van der Waals surface area contributed by atoms with Gasteiger partial charge in [0.2, 0.25) is 11.6 Å². The van der Waals surface area contributed by atoms with Gasteiger partial charge in [0.05, 0.1) is 0 Å². The molecule has 8 nitrogen and oxygen atoms in total. The fraction of sp³-hybridized carbons (Fsp3) is 0.0769. The SMILES string of the molecule is O=C(COCc1c(-c2ccccc2)no[n+]1[O-])Nc1ccc(C(=O)/C=C/c2ccc(Cl)cc2)cc1. The second-order valence-electron chi connectivity index (χ2n) is 7.46. The Balaban J connectivity index is 1.28. The Morgan fingerprint density at radius 1 is 1.03 bits per heavy atom. The molecule has 0 radical (unpaired) electrons. The number of aromatic nitrogens is 2. The normalized spacial score (nSPS) is 11.0. The molecule has 1 amide bonds. The van der Waals surface area contributed by atoms with Crippen molar-refractivity contribution in [2.45, 2.75) is 6.61 Å². The van der Waals surface area contributed by atoms with E-state index in [0.717, 1.165) is 5.56 Å². The van der Waals surface area contributed by atoms with Gasteiger partial charge in [-0.05, 0) is 52.9 Å². The van der Waals surface area contributed by atoms with E-state index in [-0.39, 0.29) is 29.6 Å². The summed E-state index contributed by atoms with van der Waals surface area (Å²) in [6.45, 7) is -0.442. The van der Waals surface area contributed by atoms with Crippen LogP contribution in [0.1, 0.15) is 21.6 Å². The van der Waals surface area contributed by atoms with Crippen molar-refractivity contribution in [2.24, 2.45) is 0 Å². The number of rotatable bonds is 9.